The fourth-order valence-corrected chi connectivity index (χ4v) is 3.47. The molecular weight excluding hydrogens is 316 g/mol. The van der Waals surface area contributed by atoms with Crippen LogP contribution in [0, 0.1) is 5.41 Å². The van der Waals surface area contributed by atoms with Gasteiger partial charge in [-0.2, -0.15) is 0 Å². The Morgan fingerprint density at radius 2 is 2.00 bits per heavy atom. The topological polar surface area (TPSA) is 87.8 Å². The van der Waals surface area contributed by atoms with E-state index in [-0.39, 0.29) is 13.2 Å². The van der Waals surface area contributed by atoms with Crippen molar-refractivity contribution >= 4 is 23.7 Å². The predicted octanol–water partition coefficient (Wildman–Crippen LogP) is 2.08. The summed E-state index contributed by atoms with van der Waals surface area (Å²) in [6, 6.07) is 4.52. The molecule has 6 nitrogen and oxygen atoms in total. The van der Waals surface area contributed by atoms with Gasteiger partial charge in [-0.1, -0.05) is 6.07 Å². The van der Waals surface area contributed by atoms with Crippen LogP contribution in [-0.2, 0) is 4.79 Å². The number of carbonyl (C=O) groups is 2. The van der Waals surface area contributed by atoms with Gasteiger partial charge in [0.1, 0.15) is 6.04 Å². The molecule has 1 aromatic carbocycles. The van der Waals surface area contributed by atoms with Crippen molar-refractivity contribution in [3.8, 4) is 0 Å². The van der Waals surface area contributed by atoms with Gasteiger partial charge in [-0.3, -0.25) is 14.6 Å². The summed E-state index contributed by atoms with van der Waals surface area (Å²) in [4.78, 5) is 30.8. The maximum atomic E-state index is 12.6. The van der Waals surface area contributed by atoms with Crippen LogP contribution in [0.1, 0.15) is 50.0 Å². The minimum atomic E-state index is -0.543. The number of amides is 2. The highest BCUT2D eigenvalue weighted by Crippen LogP contribution is 2.53. The molecule has 1 aromatic rings. The molecule has 2 amide bonds. The lowest BCUT2D eigenvalue weighted by Crippen LogP contribution is -2.49. The van der Waals surface area contributed by atoms with Crippen molar-refractivity contribution in [1.29, 1.82) is 0 Å². The molecule has 3 rings (SSSR count). The number of nitrogens with one attached hydrogen (secondary N) is 1. The Balaban J connectivity index is 0.00000243. The van der Waals surface area contributed by atoms with Crippen LogP contribution in [0.3, 0.4) is 0 Å². The second-order valence-corrected chi connectivity index (χ2v) is 7.25. The Labute approximate surface area is 150 Å². The van der Waals surface area contributed by atoms with E-state index >= 15 is 0 Å². The summed E-state index contributed by atoms with van der Waals surface area (Å²) >= 11 is 0. The second kappa shape index (κ2) is 6.86. The third-order valence-corrected chi connectivity index (χ3v) is 5.43. The fraction of sp³-hybridized carbons (Fsp3) is 0.526. The first-order valence-electron chi connectivity index (χ1n) is 8.85. The molecule has 0 radical (unpaired) electrons. The van der Waals surface area contributed by atoms with Gasteiger partial charge in [0, 0.05) is 44.6 Å². The van der Waals surface area contributed by atoms with Crippen molar-refractivity contribution in [2.45, 2.75) is 38.6 Å². The number of benzene rings is 1. The van der Waals surface area contributed by atoms with Crippen molar-refractivity contribution in [2.24, 2.45) is 10.4 Å². The lowest BCUT2D eigenvalue weighted by Gasteiger charge is -2.33. The molecule has 2 fully saturated rings. The van der Waals surface area contributed by atoms with Gasteiger partial charge < -0.3 is 16.0 Å². The van der Waals surface area contributed by atoms with Crippen LogP contribution in [-0.4, -0.2) is 49.1 Å². The molecule has 0 bridgehead atoms. The van der Waals surface area contributed by atoms with E-state index in [1.165, 1.54) is 12.8 Å². The zero-order valence-electron chi connectivity index (χ0n) is 14.9. The average Bonchev–Trinajstić information content (AvgIpc) is 3.35. The highest BCUT2D eigenvalue weighted by Gasteiger charge is 2.45. The van der Waals surface area contributed by atoms with Crippen molar-refractivity contribution in [2.75, 3.05) is 25.9 Å². The molecule has 1 aliphatic heterocycles. The van der Waals surface area contributed by atoms with E-state index in [0.29, 0.717) is 16.7 Å². The molecule has 1 saturated heterocycles. The van der Waals surface area contributed by atoms with Gasteiger partial charge in [0.25, 0.3) is 5.91 Å². The monoisotopic (exact) mass is 344 g/mol. The highest BCUT2D eigenvalue weighted by molar-refractivity contribution is 5.99. The van der Waals surface area contributed by atoms with Crippen LogP contribution in [0.15, 0.2) is 23.2 Å². The van der Waals surface area contributed by atoms with Gasteiger partial charge >= 0.3 is 0 Å². The third kappa shape index (κ3) is 3.83. The van der Waals surface area contributed by atoms with Crippen molar-refractivity contribution < 1.29 is 11.0 Å². The lowest BCUT2D eigenvalue weighted by atomic mass is 9.93. The van der Waals surface area contributed by atoms with Crippen molar-refractivity contribution in [3.05, 3.63) is 29.3 Å². The Hall–Kier alpha value is -2.37. The van der Waals surface area contributed by atoms with Crippen molar-refractivity contribution in [1.82, 2.24) is 10.2 Å². The summed E-state index contributed by atoms with van der Waals surface area (Å²) < 4.78 is 0. The number of hydrogen-bond donors (Lipinski definition) is 2. The van der Waals surface area contributed by atoms with E-state index < -0.39 is 6.04 Å². The second-order valence-electron chi connectivity index (χ2n) is 7.25. The number of nitrogens with zero attached hydrogens (tertiary/aromatic N) is 2. The Bertz CT molecular complexity index is 705. The predicted molar refractivity (Wildman–Crippen MR) is 101 cm³/mol. The number of hydrogen-bond acceptors (Lipinski definition) is 4. The summed E-state index contributed by atoms with van der Waals surface area (Å²) in [7, 11) is 1.67. The number of rotatable bonds is 4. The van der Waals surface area contributed by atoms with Crippen LogP contribution in [0.4, 0.5) is 5.69 Å². The van der Waals surface area contributed by atoms with Gasteiger partial charge in [-0.25, -0.2) is 0 Å². The SMILES string of the molecule is CN=Cc1ccc(C(=O)N[C@H](C)C(=O)N2CCC3(CC2)CC3)cc1N.[HH]. The molecule has 1 atom stereocenters. The van der Waals surface area contributed by atoms with E-state index in [4.69, 9.17) is 5.73 Å². The molecule has 2 aliphatic rings. The zero-order valence-corrected chi connectivity index (χ0v) is 14.9. The Kier molecular flexibility index (Phi) is 4.79. The standard InChI is InChI=1S/C19H26N4O2.H2/c1-13(18(25)23-9-7-19(5-6-19)8-10-23)22-17(24)14-3-4-15(12-21-2)16(20)11-14;/h3-4,11-13H,5-10,20H2,1-2H3,(H,22,24);1H/t13-;/m1./s1. The van der Waals surface area contributed by atoms with E-state index in [9.17, 15) is 9.59 Å². The molecule has 1 saturated carbocycles. The molecule has 0 unspecified atom stereocenters. The van der Waals surface area contributed by atoms with Gasteiger partial charge in [-0.05, 0) is 50.2 Å². The molecule has 1 spiro atoms. The zero-order chi connectivity index (χ0) is 18.0. The first kappa shape index (κ1) is 17.5. The number of carbonyl (C=O) groups excluding carboxylic acids is 2. The quantitative estimate of drug-likeness (QED) is 0.647. The molecule has 1 aliphatic carbocycles. The van der Waals surface area contributed by atoms with Gasteiger partial charge in [0.05, 0.1) is 0 Å². The largest absolute Gasteiger partial charge is 0.398 e. The van der Waals surface area contributed by atoms with E-state index in [1.54, 1.807) is 38.4 Å². The maximum Gasteiger partial charge on any atom is 0.251 e. The van der Waals surface area contributed by atoms with Gasteiger partial charge in [-0.15, -0.1) is 0 Å². The number of likely N-dealkylation sites (tertiary alicyclic amines) is 1. The molecule has 136 valence electrons. The Morgan fingerprint density at radius 3 is 2.56 bits per heavy atom. The number of aliphatic imine (C=N–C) groups is 1. The summed E-state index contributed by atoms with van der Waals surface area (Å²) in [5.74, 6) is -0.297. The minimum Gasteiger partial charge on any atom is -0.398 e. The minimum absolute atomic E-state index is 0. The summed E-state index contributed by atoms with van der Waals surface area (Å²) in [5.41, 5.74) is 8.17. The highest BCUT2D eigenvalue weighted by atomic mass is 16.2. The lowest BCUT2D eigenvalue weighted by molar-refractivity contribution is -0.134. The number of piperidine rings is 1. The third-order valence-electron chi connectivity index (χ3n) is 5.43. The van der Waals surface area contributed by atoms with Crippen LogP contribution >= 0.6 is 0 Å². The van der Waals surface area contributed by atoms with E-state index in [1.807, 2.05) is 4.90 Å². The van der Waals surface area contributed by atoms with E-state index in [0.717, 1.165) is 31.5 Å². The average molecular weight is 344 g/mol. The van der Waals surface area contributed by atoms with Gasteiger partial charge in [0.2, 0.25) is 5.91 Å². The molecular formula is C19H28N4O2. The van der Waals surface area contributed by atoms with Gasteiger partial charge in [0.15, 0.2) is 0 Å². The first-order valence-corrected chi connectivity index (χ1v) is 8.85. The molecule has 3 N–H and O–H groups in total. The molecule has 6 heteroatoms. The summed E-state index contributed by atoms with van der Waals surface area (Å²) in [6.45, 7) is 3.34. The fourth-order valence-electron chi connectivity index (χ4n) is 3.47. The molecule has 1 heterocycles. The maximum absolute atomic E-state index is 12.6. The normalized spacial score (nSPS) is 19.8. The molecule has 0 aromatic heterocycles. The molecule has 25 heavy (non-hydrogen) atoms. The van der Waals surface area contributed by atoms with Crippen LogP contribution in [0.2, 0.25) is 0 Å². The first-order chi connectivity index (χ1) is 11.9. The summed E-state index contributed by atoms with van der Waals surface area (Å²) in [6.07, 6.45) is 6.45. The van der Waals surface area contributed by atoms with Crippen molar-refractivity contribution in [3.63, 3.8) is 0 Å². The number of nitrogen functional groups attached to an aromatic ring is 1. The van der Waals surface area contributed by atoms with Crippen LogP contribution < -0.4 is 11.1 Å². The summed E-state index contributed by atoms with van der Waals surface area (Å²) in [5, 5.41) is 2.79. The van der Waals surface area contributed by atoms with Crippen LogP contribution in [0.5, 0.6) is 0 Å². The Morgan fingerprint density at radius 1 is 1.32 bits per heavy atom. The smallest absolute Gasteiger partial charge is 0.251 e. The number of anilines is 1. The van der Waals surface area contributed by atoms with E-state index in [2.05, 4.69) is 10.3 Å². The number of nitrogens with two attached hydrogens (primary N) is 1. The van der Waals surface area contributed by atoms with Crippen LogP contribution in [0.25, 0.3) is 0 Å².